The topological polar surface area (TPSA) is 113 Å². The van der Waals surface area contributed by atoms with Gasteiger partial charge in [-0.05, 0) is 44.2 Å². The molecule has 3 aromatic heterocycles. The lowest BCUT2D eigenvalue weighted by molar-refractivity contribution is -0.170. The number of carbonyl (C=O) groups is 2. The predicted octanol–water partition coefficient (Wildman–Crippen LogP) is 4.61. The number of carbonyl (C=O) groups excluding carboxylic acids is 2. The molecule has 190 valence electrons. The number of hydrogen-bond donors (Lipinski definition) is 2. The number of aromatic nitrogens is 3. The minimum atomic E-state index is -5.03. The zero-order valence-electron chi connectivity index (χ0n) is 19.7. The summed E-state index contributed by atoms with van der Waals surface area (Å²) in [5, 5.41) is 13.1. The first-order chi connectivity index (χ1) is 16.7. The molecule has 0 atom stereocenters. The number of halogens is 3. The van der Waals surface area contributed by atoms with E-state index in [1.54, 1.807) is 43.7 Å². The zero-order chi connectivity index (χ0) is 26.4. The van der Waals surface area contributed by atoms with E-state index in [0.717, 1.165) is 7.05 Å². The van der Waals surface area contributed by atoms with E-state index in [1.165, 1.54) is 29.5 Å². The first kappa shape index (κ1) is 25.4. The van der Waals surface area contributed by atoms with Crippen molar-refractivity contribution in [1.82, 2.24) is 14.5 Å². The monoisotopic (exact) mass is 521 g/mol. The molecule has 3 heterocycles. The molecule has 0 fully saturated rings. The molecule has 13 heteroatoms. The molecule has 36 heavy (non-hydrogen) atoms. The number of oxazole rings is 1. The van der Waals surface area contributed by atoms with Crippen molar-refractivity contribution in [3.8, 4) is 10.6 Å². The van der Waals surface area contributed by atoms with Gasteiger partial charge in [-0.3, -0.25) is 14.9 Å². The van der Waals surface area contributed by atoms with Crippen LogP contribution in [-0.2, 0) is 11.3 Å². The van der Waals surface area contributed by atoms with Crippen LogP contribution in [0.4, 0.5) is 24.8 Å². The Kier molecular flexibility index (Phi) is 6.39. The van der Waals surface area contributed by atoms with Gasteiger partial charge in [-0.2, -0.15) is 13.2 Å². The van der Waals surface area contributed by atoms with E-state index < -0.39 is 23.6 Å². The second kappa shape index (κ2) is 9.06. The van der Waals surface area contributed by atoms with Crippen molar-refractivity contribution in [1.29, 1.82) is 0 Å². The summed E-state index contributed by atoms with van der Waals surface area (Å²) in [6.45, 7) is 4.88. The van der Waals surface area contributed by atoms with Crippen LogP contribution in [0.5, 0.6) is 0 Å². The van der Waals surface area contributed by atoms with Crippen LogP contribution in [0.15, 0.2) is 40.9 Å². The Morgan fingerprint density at radius 2 is 1.94 bits per heavy atom. The fourth-order valence-corrected chi connectivity index (χ4v) is 4.36. The number of thiophene rings is 1. The van der Waals surface area contributed by atoms with Gasteiger partial charge in [0.2, 0.25) is 5.95 Å². The first-order valence-electron chi connectivity index (χ1n) is 10.6. The van der Waals surface area contributed by atoms with Crippen LogP contribution in [0.2, 0.25) is 0 Å². The summed E-state index contributed by atoms with van der Waals surface area (Å²) in [4.78, 5) is 34.6. The number of rotatable bonds is 6. The number of nitrogens with one attached hydrogen (secondary N) is 1. The van der Waals surface area contributed by atoms with Gasteiger partial charge in [0.15, 0.2) is 11.7 Å². The van der Waals surface area contributed by atoms with Gasteiger partial charge in [-0.25, -0.2) is 9.97 Å². The molecule has 4 rings (SSSR count). The lowest BCUT2D eigenvalue weighted by atomic mass is 10.1. The maximum Gasteiger partial charge on any atom is 0.471 e. The van der Waals surface area contributed by atoms with Crippen LogP contribution in [0.25, 0.3) is 21.7 Å². The summed E-state index contributed by atoms with van der Waals surface area (Å²) in [5.74, 6) is -1.40. The molecule has 2 amide bonds. The van der Waals surface area contributed by atoms with E-state index in [-0.39, 0.29) is 23.7 Å². The predicted molar refractivity (Wildman–Crippen MR) is 128 cm³/mol. The third-order valence-electron chi connectivity index (χ3n) is 5.13. The molecule has 2 N–H and O–H groups in total. The summed E-state index contributed by atoms with van der Waals surface area (Å²) in [6, 6.07) is 7.47. The number of fused-ring (bicyclic) bond motifs is 1. The molecular weight excluding hydrogens is 499 g/mol. The van der Waals surface area contributed by atoms with Gasteiger partial charge in [0.1, 0.15) is 0 Å². The molecule has 0 aliphatic heterocycles. The number of imidazole rings is 1. The molecular formula is C23H22F3N5O4S. The van der Waals surface area contributed by atoms with Crippen LogP contribution >= 0.6 is 11.3 Å². The molecule has 9 nitrogen and oxygen atoms in total. The fourth-order valence-electron chi connectivity index (χ4n) is 3.51. The molecule has 0 aliphatic carbocycles. The number of hydrogen-bond acceptors (Lipinski definition) is 7. The Balaban J connectivity index is 1.67. The van der Waals surface area contributed by atoms with Crippen molar-refractivity contribution in [3.05, 3.63) is 47.3 Å². The van der Waals surface area contributed by atoms with Gasteiger partial charge in [0.05, 0.1) is 39.1 Å². The summed E-state index contributed by atoms with van der Waals surface area (Å²) < 4.78 is 45.7. The van der Waals surface area contributed by atoms with Gasteiger partial charge in [-0.1, -0.05) is 0 Å². The molecule has 0 spiro atoms. The normalized spacial score (nSPS) is 12.2. The Labute approximate surface area is 207 Å². The van der Waals surface area contributed by atoms with Gasteiger partial charge < -0.3 is 19.0 Å². The number of alkyl halides is 3. The van der Waals surface area contributed by atoms with Gasteiger partial charge in [-0.15, -0.1) is 11.3 Å². The second-order valence-electron chi connectivity index (χ2n) is 8.73. The second-order valence-corrected chi connectivity index (χ2v) is 9.81. The third kappa shape index (κ3) is 5.26. The highest BCUT2D eigenvalue weighted by Crippen LogP contribution is 2.31. The number of nitrogens with zero attached hydrogens (tertiary/aromatic N) is 4. The van der Waals surface area contributed by atoms with Crippen molar-refractivity contribution in [2.75, 3.05) is 17.3 Å². The van der Waals surface area contributed by atoms with Crippen molar-refractivity contribution in [2.24, 2.45) is 0 Å². The van der Waals surface area contributed by atoms with Crippen LogP contribution in [0, 0.1) is 6.92 Å². The van der Waals surface area contributed by atoms with Crippen molar-refractivity contribution in [2.45, 2.75) is 39.1 Å². The van der Waals surface area contributed by atoms with Gasteiger partial charge in [0, 0.05) is 19.7 Å². The molecule has 4 aromatic rings. The summed E-state index contributed by atoms with van der Waals surface area (Å²) in [7, 11) is 1.01. The van der Waals surface area contributed by atoms with Crippen molar-refractivity contribution < 1.29 is 32.3 Å². The zero-order valence-corrected chi connectivity index (χ0v) is 20.5. The quantitative estimate of drug-likeness (QED) is 0.383. The Morgan fingerprint density at radius 1 is 1.22 bits per heavy atom. The maximum absolute atomic E-state index is 13.0. The lowest BCUT2D eigenvalue weighted by Gasteiger charge is -2.21. The molecule has 1 aromatic carbocycles. The van der Waals surface area contributed by atoms with Gasteiger partial charge >= 0.3 is 12.1 Å². The highest BCUT2D eigenvalue weighted by atomic mass is 32.1. The SMILES string of the molecule is Cc1ncc(-c2ccc(C(=O)Nc3nc4cc(N(C)C(=O)C(F)(F)F)ccc4n3CC(C)(C)O)s2)o1. The summed E-state index contributed by atoms with van der Waals surface area (Å²) >= 11 is 1.18. The highest BCUT2D eigenvalue weighted by molar-refractivity contribution is 7.17. The Hall–Kier alpha value is -3.71. The third-order valence-corrected chi connectivity index (χ3v) is 6.23. The lowest BCUT2D eigenvalue weighted by Crippen LogP contribution is -2.38. The summed E-state index contributed by atoms with van der Waals surface area (Å²) in [5.41, 5.74) is -0.540. The van der Waals surface area contributed by atoms with Crippen LogP contribution in [0.1, 0.15) is 29.4 Å². The molecule has 0 aliphatic rings. The molecule has 0 radical (unpaired) electrons. The van der Waals surface area contributed by atoms with Crippen molar-refractivity contribution >= 4 is 45.8 Å². The Morgan fingerprint density at radius 3 is 2.56 bits per heavy atom. The number of aryl methyl sites for hydroxylation is 1. The number of anilines is 2. The largest absolute Gasteiger partial charge is 0.471 e. The fraction of sp³-hybridized carbons (Fsp3) is 0.304. The van der Waals surface area contributed by atoms with E-state index in [4.69, 9.17) is 4.42 Å². The number of aliphatic hydroxyl groups is 1. The molecule has 0 unspecified atom stereocenters. The minimum Gasteiger partial charge on any atom is -0.440 e. The van der Waals surface area contributed by atoms with Crippen molar-refractivity contribution in [3.63, 3.8) is 0 Å². The number of benzene rings is 1. The minimum absolute atomic E-state index is 0.0270. The standard InChI is InChI=1S/C23H22F3N5O4S/c1-12-27-10-16(35-12)17-7-8-18(36-17)19(32)29-21-28-14-9-13(30(4)20(33)23(24,25)26)5-6-15(14)31(21)11-22(2,3)34/h5-10,34H,11H2,1-4H3,(H,28,29,32). The van der Waals surface area contributed by atoms with Crippen LogP contribution < -0.4 is 10.2 Å². The van der Waals surface area contributed by atoms with Crippen LogP contribution in [-0.4, -0.2) is 50.3 Å². The molecule has 0 saturated carbocycles. The van der Waals surface area contributed by atoms with E-state index >= 15 is 0 Å². The molecule has 0 bridgehead atoms. The van der Waals surface area contributed by atoms with E-state index in [0.29, 0.717) is 31.8 Å². The van der Waals surface area contributed by atoms with Crippen LogP contribution in [0.3, 0.4) is 0 Å². The summed E-state index contributed by atoms with van der Waals surface area (Å²) in [6.07, 6.45) is -3.48. The van der Waals surface area contributed by atoms with E-state index in [1.807, 2.05) is 0 Å². The maximum atomic E-state index is 13.0. The Bertz CT molecular complexity index is 1450. The average molecular weight is 522 g/mol. The van der Waals surface area contributed by atoms with E-state index in [2.05, 4.69) is 15.3 Å². The highest BCUT2D eigenvalue weighted by Gasteiger charge is 2.41. The van der Waals surface area contributed by atoms with E-state index in [9.17, 15) is 27.9 Å². The average Bonchev–Trinajstić information content (AvgIpc) is 3.50. The molecule has 0 saturated heterocycles. The van der Waals surface area contributed by atoms with Gasteiger partial charge in [0.25, 0.3) is 5.91 Å². The number of amides is 2. The smallest absolute Gasteiger partial charge is 0.440 e. The first-order valence-corrected chi connectivity index (χ1v) is 11.5.